The number of carbonyl (C=O) groups is 1. The van der Waals surface area contributed by atoms with Crippen LogP contribution in [0.3, 0.4) is 0 Å². The van der Waals surface area contributed by atoms with Gasteiger partial charge in [0.25, 0.3) is 5.91 Å². The number of rotatable bonds is 6. The molecule has 26 heavy (non-hydrogen) atoms. The Bertz CT molecular complexity index is 905. The maximum absolute atomic E-state index is 12.2. The molecule has 0 aliphatic heterocycles. The molecular weight excluding hydrogens is 324 g/mol. The standard InChI is InChI=1S/C22H20N2O2/c1-17-9-5-6-12-19(17)15-23-26-16-22(25)24-21-14-8-7-13-20(21)18-10-3-2-4-11-18/h2-15H,16H2,1H3,(H,24,25)/b23-15+. The molecule has 0 bridgehead atoms. The highest BCUT2D eigenvalue weighted by Gasteiger charge is 2.08. The van der Waals surface area contributed by atoms with Gasteiger partial charge in [-0.2, -0.15) is 0 Å². The number of amides is 1. The van der Waals surface area contributed by atoms with Crippen molar-refractivity contribution in [2.24, 2.45) is 5.16 Å². The third-order valence-electron chi connectivity index (χ3n) is 3.94. The molecule has 0 heterocycles. The molecule has 1 N–H and O–H groups in total. The fourth-order valence-corrected chi connectivity index (χ4v) is 2.57. The van der Waals surface area contributed by atoms with E-state index in [0.29, 0.717) is 0 Å². The van der Waals surface area contributed by atoms with E-state index < -0.39 is 0 Å². The third-order valence-corrected chi connectivity index (χ3v) is 3.94. The Kier molecular flexibility index (Phi) is 5.78. The highest BCUT2D eigenvalue weighted by molar-refractivity contribution is 5.96. The first-order chi connectivity index (χ1) is 12.7. The molecule has 4 nitrogen and oxygen atoms in total. The van der Waals surface area contributed by atoms with Gasteiger partial charge in [0.1, 0.15) is 0 Å². The van der Waals surface area contributed by atoms with Crippen LogP contribution in [0.4, 0.5) is 5.69 Å². The zero-order chi connectivity index (χ0) is 18.2. The van der Waals surface area contributed by atoms with Crippen LogP contribution in [-0.2, 0) is 9.63 Å². The number of para-hydroxylation sites is 1. The molecule has 3 aromatic rings. The predicted molar refractivity (Wildman–Crippen MR) is 105 cm³/mol. The lowest BCUT2D eigenvalue weighted by atomic mass is 10.0. The number of nitrogens with one attached hydrogen (secondary N) is 1. The van der Waals surface area contributed by atoms with Crippen molar-refractivity contribution >= 4 is 17.8 Å². The van der Waals surface area contributed by atoms with Crippen LogP contribution in [0.1, 0.15) is 11.1 Å². The van der Waals surface area contributed by atoms with Crippen molar-refractivity contribution in [1.82, 2.24) is 0 Å². The lowest BCUT2D eigenvalue weighted by molar-refractivity contribution is -0.120. The van der Waals surface area contributed by atoms with E-state index in [1.165, 1.54) is 0 Å². The third kappa shape index (κ3) is 4.57. The molecule has 0 saturated carbocycles. The Morgan fingerprint density at radius 1 is 0.962 bits per heavy atom. The number of anilines is 1. The monoisotopic (exact) mass is 344 g/mol. The lowest BCUT2D eigenvalue weighted by Crippen LogP contribution is -2.17. The minimum atomic E-state index is -0.254. The van der Waals surface area contributed by atoms with Gasteiger partial charge in [-0.1, -0.05) is 78.0 Å². The SMILES string of the molecule is Cc1ccccc1/C=N/OCC(=O)Nc1ccccc1-c1ccccc1. The molecule has 0 fully saturated rings. The molecular formula is C22H20N2O2. The number of nitrogens with zero attached hydrogens (tertiary/aromatic N) is 1. The van der Waals surface area contributed by atoms with E-state index in [9.17, 15) is 4.79 Å². The van der Waals surface area contributed by atoms with Gasteiger partial charge < -0.3 is 10.2 Å². The summed E-state index contributed by atoms with van der Waals surface area (Å²) in [7, 11) is 0. The zero-order valence-corrected chi connectivity index (χ0v) is 14.6. The molecule has 0 radical (unpaired) electrons. The molecule has 3 rings (SSSR count). The van der Waals surface area contributed by atoms with Crippen molar-refractivity contribution in [1.29, 1.82) is 0 Å². The summed E-state index contributed by atoms with van der Waals surface area (Å²) in [5, 5.41) is 6.76. The number of hydrogen-bond donors (Lipinski definition) is 1. The lowest BCUT2D eigenvalue weighted by Gasteiger charge is -2.10. The van der Waals surface area contributed by atoms with Gasteiger partial charge in [-0.05, 0) is 29.7 Å². The molecule has 1 amide bonds. The molecule has 0 aliphatic rings. The zero-order valence-electron chi connectivity index (χ0n) is 14.6. The van der Waals surface area contributed by atoms with Crippen molar-refractivity contribution < 1.29 is 9.63 Å². The van der Waals surface area contributed by atoms with Gasteiger partial charge in [0.15, 0.2) is 6.61 Å². The molecule has 3 aromatic carbocycles. The Morgan fingerprint density at radius 2 is 1.65 bits per heavy atom. The fourth-order valence-electron chi connectivity index (χ4n) is 2.57. The summed E-state index contributed by atoms with van der Waals surface area (Å²) in [6.45, 7) is 1.85. The second-order valence-electron chi connectivity index (χ2n) is 5.82. The van der Waals surface area contributed by atoms with Crippen molar-refractivity contribution in [2.45, 2.75) is 6.92 Å². The molecule has 0 unspecified atom stereocenters. The van der Waals surface area contributed by atoms with Crippen LogP contribution in [0.25, 0.3) is 11.1 Å². The Labute approximate surface area is 153 Å². The molecule has 0 atom stereocenters. The topological polar surface area (TPSA) is 50.7 Å². The number of carbonyl (C=O) groups excluding carboxylic acids is 1. The van der Waals surface area contributed by atoms with Gasteiger partial charge >= 0.3 is 0 Å². The van der Waals surface area contributed by atoms with E-state index in [1.807, 2.05) is 85.8 Å². The largest absolute Gasteiger partial charge is 0.386 e. The van der Waals surface area contributed by atoms with Crippen LogP contribution in [-0.4, -0.2) is 18.7 Å². The summed E-state index contributed by atoms with van der Waals surface area (Å²) in [5.41, 5.74) is 4.81. The summed E-state index contributed by atoms with van der Waals surface area (Å²) < 4.78 is 0. The number of hydrogen-bond acceptors (Lipinski definition) is 3. The quantitative estimate of drug-likeness (QED) is 0.523. The number of aryl methyl sites for hydroxylation is 1. The van der Waals surface area contributed by atoms with Crippen molar-refractivity contribution in [3.05, 3.63) is 90.0 Å². The average molecular weight is 344 g/mol. The second kappa shape index (κ2) is 8.62. The minimum Gasteiger partial charge on any atom is -0.386 e. The van der Waals surface area contributed by atoms with E-state index in [4.69, 9.17) is 4.84 Å². The number of benzene rings is 3. The maximum atomic E-state index is 12.2. The normalized spacial score (nSPS) is 10.7. The fraction of sp³-hybridized carbons (Fsp3) is 0.0909. The molecule has 0 aromatic heterocycles. The first kappa shape index (κ1) is 17.4. The number of oxime groups is 1. The van der Waals surface area contributed by atoms with E-state index in [-0.39, 0.29) is 12.5 Å². The van der Waals surface area contributed by atoms with Gasteiger partial charge in [-0.15, -0.1) is 0 Å². The van der Waals surface area contributed by atoms with Gasteiger partial charge in [-0.25, -0.2) is 0 Å². The minimum absolute atomic E-state index is 0.147. The summed E-state index contributed by atoms with van der Waals surface area (Å²) in [6, 6.07) is 25.4. The van der Waals surface area contributed by atoms with Crippen LogP contribution < -0.4 is 5.32 Å². The second-order valence-corrected chi connectivity index (χ2v) is 5.82. The Hall–Kier alpha value is -3.40. The van der Waals surface area contributed by atoms with Crippen LogP contribution in [0.15, 0.2) is 84.0 Å². The summed E-state index contributed by atoms with van der Waals surface area (Å²) in [5.74, 6) is -0.254. The van der Waals surface area contributed by atoms with Crippen LogP contribution in [0.5, 0.6) is 0 Å². The van der Waals surface area contributed by atoms with Gasteiger partial charge in [-0.3, -0.25) is 4.79 Å². The highest BCUT2D eigenvalue weighted by Crippen LogP contribution is 2.27. The average Bonchev–Trinajstić information content (AvgIpc) is 2.68. The van der Waals surface area contributed by atoms with Gasteiger partial charge in [0.05, 0.1) is 6.21 Å². The molecule has 0 spiro atoms. The Morgan fingerprint density at radius 3 is 2.46 bits per heavy atom. The predicted octanol–water partition coefficient (Wildman–Crippen LogP) is 4.65. The van der Waals surface area contributed by atoms with Crippen LogP contribution in [0.2, 0.25) is 0 Å². The van der Waals surface area contributed by atoms with E-state index in [2.05, 4.69) is 10.5 Å². The van der Waals surface area contributed by atoms with Crippen molar-refractivity contribution in [3.8, 4) is 11.1 Å². The highest BCUT2D eigenvalue weighted by atomic mass is 16.6. The van der Waals surface area contributed by atoms with E-state index in [1.54, 1.807) is 6.21 Å². The molecule has 4 heteroatoms. The van der Waals surface area contributed by atoms with Crippen molar-refractivity contribution in [2.75, 3.05) is 11.9 Å². The first-order valence-corrected chi connectivity index (χ1v) is 8.39. The Balaban J connectivity index is 1.60. The smallest absolute Gasteiger partial charge is 0.265 e. The first-order valence-electron chi connectivity index (χ1n) is 8.39. The molecule has 130 valence electrons. The summed E-state index contributed by atoms with van der Waals surface area (Å²) in [4.78, 5) is 17.3. The molecule has 0 aliphatic carbocycles. The van der Waals surface area contributed by atoms with E-state index in [0.717, 1.165) is 27.9 Å². The van der Waals surface area contributed by atoms with Crippen molar-refractivity contribution in [3.63, 3.8) is 0 Å². The summed E-state index contributed by atoms with van der Waals surface area (Å²) in [6.07, 6.45) is 1.61. The summed E-state index contributed by atoms with van der Waals surface area (Å²) >= 11 is 0. The molecule has 0 saturated heterocycles. The van der Waals surface area contributed by atoms with Crippen LogP contribution >= 0.6 is 0 Å². The van der Waals surface area contributed by atoms with Gasteiger partial charge in [0.2, 0.25) is 0 Å². The van der Waals surface area contributed by atoms with Gasteiger partial charge in [0, 0.05) is 11.3 Å². The van der Waals surface area contributed by atoms with Crippen LogP contribution in [0, 0.1) is 6.92 Å². The maximum Gasteiger partial charge on any atom is 0.265 e. The van der Waals surface area contributed by atoms with E-state index >= 15 is 0 Å².